The summed E-state index contributed by atoms with van der Waals surface area (Å²) in [5.74, 6) is 0.211. The Morgan fingerprint density at radius 1 is 1.26 bits per heavy atom. The van der Waals surface area contributed by atoms with Gasteiger partial charge >= 0.3 is 0 Å². The first-order valence-electron chi connectivity index (χ1n) is 9.04. The lowest BCUT2D eigenvalue weighted by molar-refractivity contribution is -0.122. The maximum atomic E-state index is 12.0. The quantitative estimate of drug-likeness (QED) is 0.819. The molecular formula is C19H29N3O. The molecule has 23 heavy (non-hydrogen) atoms. The molecule has 4 heteroatoms. The number of amides is 1. The number of carbonyl (C=O) groups excluding carboxylic acids is 1. The van der Waals surface area contributed by atoms with Crippen molar-refractivity contribution in [1.82, 2.24) is 10.2 Å². The summed E-state index contributed by atoms with van der Waals surface area (Å²) in [6.45, 7) is 4.08. The van der Waals surface area contributed by atoms with Crippen molar-refractivity contribution in [3.8, 4) is 0 Å². The number of hydrogen-bond donors (Lipinski definition) is 1. The second-order valence-corrected chi connectivity index (χ2v) is 6.90. The van der Waals surface area contributed by atoms with E-state index in [1.54, 1.807) is 0 Å². The van der Waals surface area contributed by atoms with Gasteiger partial charge in [-0.2, -0.15) is 0 Å². The minimum Gasteiger partial charge on any atom is -0.371 e. The van der Waals surface area contributed by atoms with Crippen LogP contribution in [0.1, 0.15) is 37.7 Å². The molecule has 1 atom stereocenters. The van der Waals surface area contributed by atoms with Gasteiger partial charge in [0.15, 0.2) is 0 Å². The number of para-hydroxylation sites is 1. The molecule has 3 rings (SSSR count). The molecule has 1 saturated heterocycles. The lowest BCUT2D eigenvalue weighted by Crippen LogP contribution is -2.35. The Balaban J connectivity index is 1.38. The topological polar surface area (TPSA) is 35.6 Å². The first-order valence-corrected chi connectivity index (χ1v) is 9.04. The highest BCUT2D eigenvalue weighted by molar-refractivity contribution is 5.76. The Kier molecular flexibility index (Phi) is 5.55. The summed E-state index contributed by atoms with van der Waals surface area (Å²) in [7, 11) is 2.12. The zero-order valence-corrected chi connectivity index (χ0v) is 14.3. The molecule has 0 bridgehead atoms. The van der Waals surface area contributed by atoms with Crippen LogP contribution in [0.5, 0.6) is 0 Å². The molecule has 126 valence electrons. The first kappa shape index (κ1) is 16.3. The van der Waals surface area contributed by atoms with Crippen LogP contribution in [0.15, 0.2) is 24.3 Å². The van der Waals surface area contributed by atoms with Gasteiger partial charge in [0.05, 0.1) is 0 Å². The van der Waals surface area contributed by atoms with Gasteiger partial charge in [-0.05, 0) is 57.3 Å². The summed E-state index contributed by atoms with van der Waals surface area (Å²) in [4.78, 5) is 16.8. The van der Waals surface area contributed by atoms with E-state index in [4.69, 9.17) is 0 Å². The van der Waals surface area contributed by atoms with Crippen molar-refractivity contribution in [1.29, 1.82) is 0 Å². The lowest BCUT2D eigenvalue weighted by Gasteiger charge is -2.31. The van der Waals surface area contributed by atoms with Crippen LogP contribution < -0.4 is 10.2 Å². The van der Waals surface area contributed by atoms with Crippen LogP contribution in [-0.4, -0.2) is 50.1 Å². The average Bonchev–Trinajstić information content (AvgIpc) is 2.96. The Morgan fingerprint density at radius 3 is 2.96 bits per heavy atom. The second-order valence-electron chi connectivity index (χ2n) is 6.90. The standard InChI is InChI=1S/C19H29N3O/c1-21-12-5-9-17(21)15-19(23)20-11-6-14-22-13-4-8-16-7-2-3-10-18(16)22/h2-3,7,10,17H,4-6,8-9,11-15H2,1H3,(H,20,23)/t17-/m0/s1. The van der Waals surface area contributed by atoms with Crippen LogP contribution in [0.2, 0.25) is 0 Å². The van der Waals surface area contributed by atoms with Crippen molar-refractivity contribution in [3.63, 3.8) is 0 Å². The monoisotopic (exact) mass is 315 g/mol. The Labute approximate surface area is 139 Å². The van der Waals surface area contributed by atoms with E-state index in [0.29, 0.717) is 12.5 Å². The number of hydrogen-bond acceptors (Lipinski definition) is 3. The van der Waals surface area contributed by atoms with Crippen molar-refractivity contribution in [2.75, 3.05) is 38.1 Å². The van der Waals surface area contributed by atoms with Crippen LogP contribution in [0, 0.1) is 0 Å². The van der Waals surface area contributed by atoms with Crippen LogP contribution in [0.4, 0.5) is 5.69 Å². The van der Waals surface area contributed by atoms with E-state index in [1.807, 2.05) is 0 Å². The van der Waals surface area contributed by atoms with Gasteiger partial charge in [-0.3, -0.25) is 4.79 Å². The molecule has 2 heterocycles. The summed E-state index contributed by atoms with van der Waals surface area (Å²) in [5.41, 5.74) is 2.85. The zero-order chi connectivity index (χ0) is 16.1. The number of nitrogens with one attached hydrogen (secondary N) is 1. The number of rotatable bonds is 6. The number of carbonyl (C=O) groups is 1. The van der Waals surface area contributed by atoms with Crippen LogP contribution in [0.25, 0.3) is 0 Å². The van der Waals surface area contributed by atoms with E-state index in [0.717, 1.165) is 39.0 Å². The Bertz CT molecular complexity index is 531. The van der Waals surface area contributed by atoms with E-state index < -0.39 is 0 Å². The van der Waals surface area contributed by atoms with E-state index >= 15 is 0 Å². The fourth-order valence-electron chi connectivity index (χ4n) is 3.86. The predicted molar refractivity (Wildman–Crippen MR) is 94.9 cm³/mol. The summed E-state index contributed by atoms with van der Waals surface area (Å²) in [6, 6.07) is 9.16. The minimum absolute atomic E-state index is 0.211. The number of likely N-dealkylation sites (tertiary alicyclic amines) is 1. The largest absolute Gasteiger partial charge is 0.371 e. The highest BCUT2D eigenvalue weighted by atomic mass is 16.1. The Morgan fingerprint density at radius 2 is 2.13 bits per heavy atom. The molecule has 1 aromatic carbocycles. The third-order valence-corrected chi connectivity index (χ3v) is 5.23. The zero-order valence-electron chi connectivity index (χ0n) is 14.3. The van der Waals surface area contributed by atoms with Crippen molar-refractivity contribution < 1.29 is 4.79 Å². The van der Waals surface area contributed by atoms with Gasteiger partial charge in [0, 0.05) is 37.8 Å². The number of nitrogens with zero attached hydrogens (tertiary/aromatic N) is 2. The van der Waals surface area contributed by atoms with E-state index in [-0.39, 0.29) is 5.91 Å². The van der Waals surface area contributed by atoms with Gasteiger partial charge in [0.25, 0.3) is 0 Å². The molecule has 1 amide bonds. The molecule has 1 aromatic rings. The fourth-order valence-corrected chi connectivity index (χ4v) is 3.86. The van der Waals surface area contributed by atoms with Crippen LogP contribution in [0.3, 0.4) is 0 Å². The summed E-state index contributed by atoms with van der Waals surface area (Å²) in [5, 5.41) is 3.10. The number of benzene rings is 1. The molecular weight excluding hydrogens is 286 g/mol. The number of aryl methyl sites for hydroxylation is 1. The van der Waals surface area contributed by atoms with E-state index in [9.17, 15) is 4.79 Å². The highest BCUT2D eigenvalue weighted by Crippen LogP contribution is 2.26. The number of anilines is 1. The molecule has 0 saturated carbocycles. The molecule has 0 aromatic heterocycles. The first-order chi connectivity index (χ1) is 11.2. The third-order valence-electron chi connectivity index (χ3n) is 5.23. The van der Waals surface area contributed by atoms with Gasteiger partial charge in [0.2, 0.25) is 5.91 Å². The van der Waals surface area contributed by atoms with Crippen LogP contribution in [-0.2, 0) is 11.2 Å². The van der Waals surface area contributed by atoms with Crippen molar-refractivity contribution in [3.05, 3.63) is 29.8 Å². The maximum absolute atomic E-state index is 12.0. The molecule has 0 radical (unpaired) electrons. The van der Waals surface area contributed by atoms with Gasteiger partial charge in [-0.15, -0.1) is 0 Å². The van der Waals surface area contributed by atoms with Gasteiger partial charge in [-0.25, -0.2) is 0 Å². The fraction of sp³-hybridized carbons (Fsp3) is 0.632. The molecule has 0 spiro atoms. The SMILES string of the molecule is CN1CCC[C@H]1CC(=O)NCCCN1CCCc2ccccc21. The molecule has 2 aliphatic heterocycles. The summed E-state index contributed by atoms with van der Waals surface area (Å²) >= 11 is 0. The van der Waals surface area contributed by atoms with Crippen molar-refractivity contribution in [2.24, 2.45) is 0 Å². The smallest absolute Gasteiger partial charge is 0.221 e. The third kappa shape index (κ3) is 4.25. The predicted octanol–water partition coefficient (Wildman–Crippen LogP) is 2.43. The number of fused-ring (bicyclic) bond motifs is 1. The summed E-state index contributed by atoms with van der Waals surface area (Å²) < 4.78 is 0. The minimum atomic E-state index is 0.211. The van der Waals surface area contributed by atoms with Crippen molar-refractivity contribution in [2.45, 2.75) is 44.6 Å². The van der Waals surface area contributed by atoms with E-state index in [2.05, 4.69) is 46.4 Å². The molecule has 2 aliphatic rings. The Hall–Kier alpha value is -1.55. The highest BCUT2D eigenvalue weighted by Gasteiger charge is 2.23. The maximum Gasteiger partial charge on any atom is 0.221 e. The van der Waals surface area contributed by atoms with Gasteiger partial charge in [-0.1, -0.05) is 18.2 Å². The molecule has 4 nitrogen and oxygen atoms in total. The van der Waals surface area contributed by atoms with Gasteiger partial charge in [0.1, 0.15) is 0 Å². The van der Waals surface area contributed by atoms with Crippen LogP contribution >= 0.6 is 0 Å². The molecule has 1 N–H and O–H groups in total. The molecule has 0 unspecified atom stereocenters. The molecule has 1 fully saturated rings. The average molecular weight is 315 g/mol. The second kappa shape index (κ2) is 7.82. The molecule has 0 aliphatic carbocycles. The van der Waals surface area contributed by atoms with Crippen molar-refractivity contribution >= 4 is 11.6 Å². The lowest BCUT2D eigenvalue weighted by atomic mass is 10.0. The normalized spacial score (nSPS) is 21.3. The van der Waals surface area contributed by atoms with E-state index in [1.165, 1.54) is 30.5 Å². The van der Waals surface area contributed by atoms with Gasteiger partial charge < -0.3 is 15.1 Å². The summed E-state index contributed by atoms with van der Waals surface area (Å²) in [6.07, 6.45) is 6.48.